The Labute approximate surface area is 80.1 Å². The summed E-state index contributed by atoms with van der Waals surface area (Å²) in [5, 5.41) is 0. The molecule has 13 heavy (non-hydrogen) atoms. The molecule has 3 heteroatoms. The van der Waals surface area contributed by atoms with Gasteiger partial charge in [-0.25, -0.2) is 0 Å². The van der Waals surface area contributed by atoms with E-state index in [9.17, 15) is 4.79 Å². The minimum absolute atomic E-state index is 0.0356. The Morgan fingerprint density at radius 1 is 1.38 bits per heavy atom. The molecule has 0 unspecified atom stereocenters. The predicted molar refractivity (Wildman–Crippen MR) is 51.4 cm³/mol. The quantitative estimate of drug-likeness (QED) is 0.607. The summed E-state index contributed by atoms with van der Waals surface area (Å²) in [5.74, 6) is 0.0951. The van der Waals surface area contributed by atoms with E-state index < -0.39 is 0 Å². The van der Waals surface area contributed by atoms with E-state index in [1.54, 1.807) is 0 Å². The van der Waals surface area contributed by atoms with Crippen LogP contribution in [0.1, 0.15) is 25.7 Å². The van der Waals surface area contributed by atoms with E-state index in [2.05, 4.69) is 19.0 Å². The van der Waals surface area contributed by atoms with Gasteiger partial charge in [-0.2, -0.15) is 0 Å². The minimum Gasteiger partial charge on any atom is -0.469 e. The van der Waals surface area contributed by atoms with Crippen LogP contribution in [0.2, 0.25) is 0 Å². The van der Waals surface area contributed by atoms with Crippen LogP contribution in [-0.2, 0) is 9.53 Å². The van der Waals surface area contributed by atoms with Crippen molar-refractivity contribution in [3.05, 3.63) is 0 Å². The molecule has 2 atom stereocenters. The van der Waals surface area contributed by atoms with Crippen molar-refractivity contribution in [2.75, 3.05) is 21.2 Å². The molecule has 0 spiro atoms. The summed E-state index contributed by atoms with van der Waals surface area (Å²) in [6.45, 7) is 0. The van der Waals surface area contributed by atoms with E-state index in [0.29, 0.717) is 6.04 Å². The summed E-state index contributed by atoms with van der Waals surface area (Å²) in [6.07, 6.45) is 4.31. The summed E-state index contributed by atoms with van der Waals surface area (Å²) in [6, 6.07) is 0.554. The van der Waals surface area contributed by atoms with Crippen molar-refractivity contribution < 1.29 is 9.53 Å². The molecular weight excluding hydrogens is 166 g/mol. The fraction of sp³-hybridized carbons (Fsp3) is 0.900. The number of esters is 1. The SMILES string of the molecule is COC(=O)[C@H]1CCC[C@@H](N(C)C)C1. The van der Waals surface area contributed by atoms with E-state index in [4.69, 9.17) is 4.74 Å². The highest BCUT2D eigenvalue weighted by Gasteiger charge is 2.28. The van der Waals surface area contributed by atoms with Gasteiger partial charge in [-0.3, -0.25) is 4.79 Å². The lowest BCUT2D eigenvalue weighted by atomic mass is 9.85. The van der Waals surface area contributed by atoms with Crippen LogP contribution < -0.4 is 0 Å². The van der Waals surface area contributed by atoms with Gasteiger partial charge < -0.3 is 9.64 Å². The molecule has 0 aliphatic heterocycles. The first-order valence-corrected chi connectivity index (χ1v) is 4.89. The normalized spacial score (nSPS) is 28.9. The van der Waals surface area contributed by atoms with Crippen LogP contribution in [-0.4, -0.2) is 38.1 Å². The predicted octanol–water partition coefficient (Wildman–Crippen LogP) is 1.28. The molecule has 0 aromatic heterocycles. The summed E-state index contributed by atoms with van der Waals surface area (Å²) < 4.78 is 4.76. The number of hydrogen-bond acceptors (Lipinski definition) is 3. The molecule has 0 amide bonds. The molecule has 0 bridgehead atoms. The molecule has 1 fully saturated rings. The highest BCUT2D eigenvalue weighted by molar-refractivity contribution is 5.72. The molecule has 1 saturated carbocycles. The number of nitrogens with zero attached hydrogens (tertiary/aromatic N) is 1. The Hall–Kier alpha value is -0.570. The lowest BCUT2D eigenvalue weighted by Crippen LogP contribution is -2.35. The van der Waals surface area contributed by atoms with E-state index in [0.717, 1.165) is 19.3 Å². The third-order valence-electron chi connectivity index (χ3n) is 2.91. The third kappa shape index (κ3) is 2.69. The van der Waals surface area contributed by atoms with Crippen molar-refractivity contribution in [3.8, 4) is 0 Å². The maximum Gasteiger partial charge on any atom is 0.308 e. The Morgan fingerprint density at radius 2 is 2.08 bits per heavy atom. The fourth-order valence-electron chi connectivity index (χ4n) is 2.01. The van der Waals surface area contributed by atoms with Gasteiger partial charge in [-0.1, -0.05) is 6.42 Å². The maximum absolute atomic E-state index is 11.3. The fourth-order valence-corrected chi connectivity index (χ4v) is 2.01. The van der Waals surface area contributed by atoms with Crippen LogP contribution in [0.5, 0.6) is 0 Å². The van der Waals surface area contributed by atoms with Crippen molar-refractivity contribution in [1.29, 1.82) is 0 Å². The van der Waals surface area contributed by atoms with Gasteiger partial charge in [0.25, 0.3) is 0 Å². The van der Waals surface area contributed by atoms with Gasteiger partial charge in [-0.05, 0) is 33.4 Å². The van der Waals surface area contributed by atoms with Gasteiger partial charge in [0.2, 0.25) is 0 Å². The van der Waals surface area contributed by atoms with E-state index in [1.165, 1.54) is 13.5 Å². The highest BCUT2D eigenvalue weighted by Crippen LogP contribution is 2.27. The van der Waals surface area contributed by atoms with E-state index in [1.807, 2.05) is 0 Å². The number of carbonyl (C=O) groups is 1. The summed E-state index contributed by atoms with van der Waals surface area (Å²) in [5.41, 5.74) is 0. The Balaban J connectivity index is 2.46. The number of methoxy groups -OCH3 is 1. The number of ether oxygens (including phenoxy) is 1. The van der Waals surface area contributed by atoms with Gasteiger partial charge in [0, 0.05) is 6.04 Å². The zero-order valence-corrected chi connectivity index (χ0v) is 8.75. The van der Waals surface area contributed by atoms with Crippen molar-refractivity contribution in [2.24, 2.45) is 5.92 Å². The van der Waals surface area contributed by atoms with E-state index >= 15 is 0 Å². The molecule has 3 nitrogen and oxygen atoms in total. The molecular formula is C10H19NO2. The molecule has 1 aliphatic rings. The number of hydrogen-bond donors (Lipinski definition) is 0. The second-order valence-corrected chi connectivity index (χ2v) is 4.00. The summed E-state index contributed by atoms with van der Waals surface area (Å²) in [7, 11) is 5.62. The van der Waals surface area contributed by atoms with Crippen molar-refractivity contribution in [2.45, 2.75) is 31.7 Å². The minimum atomic E-state index is -0.0356. The van der Waals surface area contributed by atoms with Crippen molar-refractivity contribution in [3.63, 3.8) is 0 Å². The standard InChI is InChI=1S/C10H19NO2/c1-11(2)9-6-4-5-8(7-9)10(12)13-3/h8-9H,4-7H2,1-3H3/t8-,9+/m0/s1. The smallest absolute Gasteiger partial charge is 0.308 e. The average Bonchev–Trinajstić information content (AvgIpc) is 2.17. The first-order valence-electron chi connectivity index (χ1n) is 4.89. The number of rotatable bonds is 2. The zero-order chi connectivity index (χ0) is 9.84. The second kappa shape index (κ2) is 4.61. The summed E-state index contributed by atoms with van der Waals surface area (Å²) in [4.78, 5) is 13.5. The first kappa shape index (κ1) is 10.5. The molecule has 1 rings (SSSR count). The lowest BCUT2D eigenvalue weighted by Gasteiger charge is -2.31. The molecule has 1 aliphatic carbocycles. The first-order chi connectivity index (χ1) is 6.15. The van der Waals surface area contributed by atoms with Crippen LogP contribution in [0, 0.1) is 5.92 Å². The maximum atomic E-state index is 11.3. The van der Waals surface area contributed by atoms with Crippen LogP contribution in [0.3, 0.4) is 0 Å². The Kier molecular flexibility index (Phi) is 3.72. The molecule has 0 heterocycles. The van der Waals surface area contributed by atoms with Gasteiger partial charge in [0.1, 0.15) is 0 Å². The Bertz CT molecular complexity index is 180. The highest BCUT2D eigenvalue weighted by atomic mass is 16.5. The molecule has 0 saturated heterocycles. The second-order valence-electron chi connectivity index (χ2n) is 4.00. The van der Waals surface area contributed by atoms with E-state index in [-0.39, 0.29) is 11.9 Å². The summed E-state index contributed by atoms with van der Waals surface area (Å²) >= 11 is 0. The van der Waals surface area contributed by atoms with Crippen molar-refractivity contribution in [1.82, 2.24) is 4.90 Å². The van der Waals surface area contributed by atoms with Crippen LogP contribution >= 0.6 is 0 Å². The van der Waals surface area contributed by atoms with Gasteiger partial charge in [-0.15, -0.1) is 0 Å². The molecule has 0 aromatic carbocycles. The van der Waals surface area contributed by atoms with Gasteiger partial charge in [0.05, 0.1) is 13.0 Å². The van der Waals surface area contributed by atoms with Crippen LogP contribution in [0.15, 0.2) is 0 Å². The molecule has 0 radical (unpaired) electrons. The van der Waals surface area contributed by atoms with Crippen molar-refractivity contribution >= 4 is 5.97 Å². The third-order valence-corrected chi connectivity index (χ3v) is 2.91. The van der Waals surface area contributed by atoms with Crippen LogP contribution in [0.4, 0.5) is 0 Å². The average molecular weight is 185 g/mol. The van der Waals surface area contributed by atoms with Gasteiger partial charge in [0.15, 0.2) is 0 Å². The lowest BCUT2D eigenvalue weighted by molar-refractivity contribution is -0.147. The zero-order valence-electron chi connectivity index (χ0n) is 8.75. The molecule has 0 aromatic rings. The molecule has 76 valence electrons. The largest absolute Gasteiger partial charge is 0.469 e. The topological polar surface area (TPSA) is 29.5 Å². The van der Waals surface area contributed by atoms with Gasteiger partial charge >= 0.3 is 5.97 Å². The monoisotopic (exact) mass is 185 g/mol. The number of carbonyl (C=O) groups excluding carboxylic acids is 1. The Morgan fingerprint density at radius 3 is 2.62 bits per heavy atom. The molecule has 0 N–H and O–H groups in total. The van der Waals surface area contributed by atoms with Crippen LogP contribution in [0.25, 0.3) is 0 Å².